The molecule has 3 rings (SSSR count). The minimum absolute atomic E-state index is 0.00959. The molecule has 5 nitrogen and oxygen atoms in total. The molecule has 142 valence electrons. The van der Waals surface area contributed by atoms with Gasteiger partial charge in [-0.3, -0.25) is 9.61 Å². The highest BCUT2D eigenvalue weighted by molar-refractivity contribution is 7.54. The molecule has 1 heterocycles. The van der Waals surface area contributed by atoms with Crippen LogP contribution in [0.25, 0.3) is 0 Å². The van der Waals surface area contributed by atoms with Gasteiger partial charge in [0.25, 0.3) is 0 Å². The van der Waals surface area contributed by atoms with Crippen molar-refractivity contribution in [1.82, 2.24) is 5.32 Å². The van der Waals surface area contributed by atoms with Gasteiger partial charge in [0.2, 0.25) is 0 Å². The first kappa shape index (κ1) is 19.4. The van der Waals surface area contributed by atoms with Crippen molar-refractivity contribution >= 4 is 13.4 Å². The Kier molecular flexibility index (Phi) is 6.71. The van der Waals surface area contributed by atoms with Crippen molar-refractivity contribution < 1.29 is 14.0 Å². The van der Waals surface area contributed by atoms with E-state index in [1.807, 2.05) is 18.2 Å². The summed E-state index contributed by atoms with van der Waals surface area (Å²) >= 11 is 0. The number of hydrogen-bond donors (Lipinski definition) is 3. The lowest BCUT2D eigenvalue weighted by Gasteiger charge is -2.36. The first-order valence-corrected chi connectivity index (χ1v) is 11.1. The lowest BCUT2D eigenvalue weighted by molar-refractivity contribution is 0.255. The number of allylic oxidation sites excluding steroid dienone is 2. The largest absolute Gasteiger partial charge is 0.430 e. The van der Waals surface area contributed by atoms with Crippen molar-refractivity contribution in [3.8, 4) is 0 Å². The average Bonchev–Trinajstić information content (AvgIpc) is 2.97. The average molecular weight is 376 g/mol. The molecule has 0 radical (unpaired) electrons. The molecule has 1 aliphatic heterocycles. The molecule has 1 spiro atoms. The van der Waals surface area contributed by atoms with E-state index in [0.29, 0.717) is 12.1 Å². The lowest BCUT2D eigenvalue weighted by atomic mass is 9.81. The van der Waals surface area contributed by atoms with E-state index in [9.17, 15) is 9.46 Å². The van der Waals surface area contributed by atoms with Crippen molar-refractivity contribution in [3.05, 3.63) is 54.1 Å². The second-order valence-corrected chi connectivity index (χ2v) is 8.60. The second-order valence-electron chi connectivity index (χ2n) is 7.08. The Morgan fingerprint density at radius 3 is 2.62 bits per heavy atom. The Morgan fingerprint density at radius 2 is 1.88 bits per heavy atom. The molecule has 0 amide bonds. The topological polar surface area (TPSA) is 70.6 Å². The zero-order valence-electron chi connectivity index (χ0n) is 15.2. The minimum Gasteiger partial charge on any atom is -0.308 e. The lowest BCUT2D eigenvalue weighted by Crippen LogP contribution is -2.46. The van der Waals surface area contributed by atoms with E-state index in [-0.39, 0.29) is 12.1 Å². The van der Waals surface area contributed by atoms with Crippen molar-refractivity contribution in [2.45, 2.75) is 50.5 Å². The van der Waals surface area contributed by atoms with Gasteiger partial charge in [-0.25, -0.2) is 4.57 Å². The van der Waals surface area contributed by atoms with E-state index in [4.69, 9.17) is 4.52 Å². The van der Waals surface area contributed by atoms with Crippen molar-refractivity contribution in [3.63, 3.8) is 0 Å². The van der Waals surface area contributed by atoms with Crippen molar-refractivity contribution in [2.75, 3.05) is 18.2 Å². The fourth-order valence-electron chi connectivity index (χ4n) is 3.92. The minimum atomic E-state index is -3.87. The van der Waals surface area contributed by atoms with Crippen LogP contribution in [0.3, 0.4) is 0 Å². The van der Waals surface area contributed by atoms with Gasteiger partial charge in [0, 0.05) is 17.8 Å². The summed E-state index contributed by atoms with van der Waals surface area (Å²) in [6.45, 7) is 1.09. The summed E-state index contributed by atoms with van der Waals surface area (Å²) in [4.78, 5) is 10.1. The van der Waals surface area contributed by atoms with Gasteiger partial charge in [-0.05, 0) is 37.0 Å². The Hall–Kier alpha value is -1.39. The zero-order chi connectivity index (χ0) is 18.3. The summed E-state index contributed by atoms with van der Waals surface area (Å²) in [5, 5.41) is 6.31. The van der Waals surface area contributed by atoms with E-state index >= 15 is 0 Å². The van der Waals surface area contributed by atoms with Crippen molar-refractivity contribution in [2.24, 2.45) is 0 Å². The molecule has 0 saturated heterocycles. The molecule has 2 aliphatic rings. The van der Waals surface area contributed by atoms with Crippen LogP contribution < -0.4 is 10.4 Å². The molecule has 1 aromatic rings. The molecule has 1 unspecified atom stereocenters. The maximum absolute atomic E-state index is 12.3. The molecule has 0 aromatic heterocycles. The Morgan fingerprint density at radius 1 is 1.15 bits per heavy atom. The first-order valence-electron chi connectivity index (χ1n) is 9.52. The van der Waals surface area contributed by atoms with E-state index in [0.717, 1.165) is 19.4 Å². The van der Waals surface area contributed by atoms with Crippen LogP contribution in [0.5, 0.6) is 0 Å². The predicted octanol–water partition coefficient (Wildman–Crippen LogP) is 4.78. The van der Waals surface area contributed by atoms with Gasteiger partial charge in [0.15, 0.2) is 0 Å². The summed E-state index contributed by atoms with van der Waals surface area (Å²) in [5.74, 6) is 0. The highest BCUT2D eigenvalue weighted by Crippen LogP contribution is 2.43. The SMILES string of the molecule is O=P(O)(Nc1ccccc1)OCCC1=CC=CCNC12CCCCCC2. The number of nitrogens with one attached hydrogen (secondary N) is 2. The molecular weight excluding hydrogens is 347 g/mol. The molecule has 1 fully saturated rings. The predicted molar refractivity (Wildman–Crippen MR) is 106 cm³/mol. The fraction of sp³-hybridized carbons (Fsp3) is 0.500. The highest BCUT2D eigenvalue weighted by Gasteiger charge is 2.34. The Balaban J connectivity index is 1.60. The van der Waals surface area contributed by atoms with E-state index in [2.05, 4.69) is 28.6 Å². The Bertz CT molecular complexity index is 680. The van der Waals surface area contributed by atoms with Gasteiger partial charge in [-0.15, -0.1) is 0 Å². The summed E-state index contributed by atoms with van der Waals surface area (Å²) in [7, 11) is -3.87. The fourth-order valence-corrected chi connectivity index (χ4v) is 4.80. The van der Waals surface area contributed by atoms with Crippen LogP contribution >= 0.6 is 7.75 Å². The molecule has 26 heavy (non-hydrogen) atoms. The van der Waals surface area contributed by atoms with Gasteiger partial charge in [0.05, 0.1) is 6.61 Å². The molecule has 3 N–H and O–H groups in total. The number of hydrogen-bond acceptors (Lipinski definition) is 3. The van der Waals surface area contributed by atoms with Crippen LogP contribution in [0.4, 0.5) is 5.69 Å². The van der Waals surface area contributed by atoms with E-state index in [1.165, 1.54) is 31.3 Å². The number of rotatable bonds is 6. The Labute approximate surface area is 156 Å². The number of benzene rings is 1. The number of para-hydroxylation sites is 1. The van der Waals surface area contributed by atoms with Crippen LogP contribution in [0.2, 0.25) is 0 Å². The summed E-state index contributed by atoms with van der Waals surface area (Å²) in [6, 6.07) is 8.98. The standard InChI is InChI=1S/C20H29N2O3P/c23-26(24,22-19-11-4-3-5-12-19)25-17-13-18-10-6-9-16-21-20(18)14-7-1-2-8-15-20/h3-6,9-12,21H,1-2,7-8,13-17H2,(H2,22,23,24). The molecule has 6 heteroatoms. The molecule has 0 bridgehead atoms. The molecule has 1 atom stereocenters. The third-order valence-corrected chi connectivity index (χ3v) is 6.32. The van der Waals surface area contributed by atoms with E-state index in [1.54, 1.807) is 12.1 Å². The third-order valence-electron chi connectivity index (χ3n) is 5.25. The zero-order valence-corrected chi connectivity index (χ0v) is 16.1. The van der Waals surface area contributed by atoms with Crippen molar-refractivity contribution in [1.29, 1.82) is 0 Å². The third kappa shape index (κ3) is 5.31. The molecular formula is C20H29N2O3P. The van der Waals surface area contributed by atoms with Gasteiger partial charge in [-0.2, -0.15) is 0 Å². The molecule has 1 aromatic carbocycles. The van der Waals surface area contributed by atoms with E-state index < -0.39 is 7.75 Å². The van der Waals surface area contributed by atoms with Gasteiger partial charge in [-0.1, -0.05) is 62.1 Å². The van der Waals surface area contributed by atoms with Gasteiger partial charge >= 0.3 is 7.75 Å². The summed E-state index contributed by atoms with van der Waals surface area (Å²) < 4.78 is 17.6. The molecule has 1 aliphatic carbocycles. The van der Waals surface area contributed by atoms with Crippen LogP contribution in [0.1, 0.15) is 44.9 Å². The molecule has 1 saturated carbocycles. The first-order chi connectivity index (χ1) is 12.6. The smallest absolute Gasteiger partial charge is 0.308 e. The summed E-state index contributed by atoms with van der Waals surface area (Å²) in [6.07, 6.45) is 14.3. The van der Waals surface area contributed by atoms with Crippen LogP contribution in [0.15, 0.2) is 54.1 Å². The second kappa shape index (κ2) is 9.01. The highest BCUT2D eigenvalue weighted by atomic mass is 31.2. The van der Waals surface area contributed by atoms with Gasteiger partial charge in [0.1, 0.15) is 0 Å². The quantitative estimate of drug-likeness (QED) is 0.623. The number of anilines is 1. The summed E-state index contributed by atoms with van der Waals surface area (Å²) in [5.41, 5.74) is 1.88. The monoisotopic (exact) mass is 376 g/mol. The maximum atomic E-state index is 12.3. The van der Waals surface area contributed by atoms with Gasteiger partial charge < -0.3 is 10.2 Å². The van der Waals surface area contributed by atoms with Crippen LogP contribution in [-0.4, -0.2) is 23.6 Å². The van der Waals surface area contributed by atoms with Crippen LogP contribution in [0, 0.1) is 0 Å². The normalized spacial score (nSPS) is 22.1. The maximum Gasteiger partial charge on any atom is 0.430 e. The van der Waals surface area contributed by atoms with Crippen LogP contribution in [-0.2, 0) is 9.09 Å².